The van der Waals surface area contributed by atoms with Crippen molar-refractivity contribution in [3.8, 4) is 0 Å². The Morgan fingerprint density at radius 1 is 1.56 bits per heavy atom. The van der Waals surface area contributed by atoms with Crippen molar-refractivity contribution in [1.82, 2.24) is 4.98 Å². The first-order valence-electron chi connectivity index (χ1n) is 5.66. The lowest BCUT2D eigenvalue weighted by atomic mass is 10.1. The molecule has 0 spiro atoms. The molecule has 1 unspecified atom stereocenters. The number of carbonyl (C=O) groups excluding carboxylic acids is 1. The van der Waals surface area contributed by atoms with Crippen molar-refractivity contribution in [3.63, 3.8) is 0 Å². The number of carbonyl (C=O) groups is 1. The zero-order valence-electron chi connectivity index (χ0n) is 9.80. The highest BCUT2D eigenvalue weighted by atomic mass is 32.2. The van der Waals surface area contributed by atoms with Gasteiger partial charge in [0.15, 0.2) is 9.84 Å². The molecule has 1 aliphatic heterocycles. The molecule has 1 amide bonds. The van der Waals surface area contributed by atoms with Crippen LogP contribution in [-0.2, 0) is 9.84 Å². The maximum absolute atomic E-state index is 11.3. The van der Waals surface area contributed by atoms with E-state index in [-0.39, 0.29) is 23.1 Å². The molecule has 98 valence electrons. The number of nitrogens with two attached hydrogens (primary N) is 1. The molecule has 0 aliphatic carbocycles. The quantitative estimate of drug-likeness (QED) is 0.802. The van der Waals surface area contributed by atoms with Crippen LogP contribution in [-0.4, -0.2) is 37.4 Å². The molecule has 1 aromatic heterocycles. The van der Waals surface area contributed by atoms with Crippen LogP contribution in [0.4, 0.5) is 5.69 Å². The number of pyridine rings is 1. The lowest BCUT2D eigenvalue weighted by Crippen LogP contribution is -2.17. The van der Waals surface area contributed by atoms with E-state index in [0.717, 1.165) is 5.69 Å². The van der Waals surface area contributed by atoms with E-state index >= 15 is 0 Å². The number of amides is 1. The Bertz CT molecular complexity index is 556. The summed E-state index contributed by atoms with van der Waals surface area (Å²) >= 11 is 0. The summed E-state index contributed by atoms with van der Waals surface area (Å²) in [5, 5.41) is 3.11. The molecule has 1 fully saturated rings. The highest BCUT2D eigenvalue weighted by Crippen LogP contribution is 2.19. The molecule has 1 atom stereocenters. The fourth-order valence-electron chi connectivity index (χ4n) is 1.97. The van der Waals surface area contributed by atoms with E-state index in [2.05, 4.69) is 10.3 Å². The van der Waals surface area contributed by atoms with Gasteiger partial charge in [-0.2, -0.15) is 0 Å². The summed E-state index contributed by atoms with van der Waals surface area (Å²) in [5.74, 6) is 0.0398. The largest absolute Gasteiger partial charge is 0.385 e. The van der Waals surface area contributed by atoms with Crippen LogP contribution in [0, 0.1) is 5.92 Å². The van der Waals surface area contributed by atoms with Crippen molar-refractivity contribution in [1.29, 1.82) is 0 Å². The van der Waals surface area contributed by atoms with E-state index < -0.39 is 15.7 Å². The number of nitrogens with one attached hydrogen (secondary N) is 1. The van der Waals surface area contributed by atoms with Crippen LogP contribution in [0.1, 0.15) is 16.9 Å². The molecule has 6 nitrogen and oxygen atoms in total. The average Bonchev–Trinajstić information content (AvgIpc) is 2.67. The molecule has 7 heteroatoms. The zero-order valence-corrected chi connectivity index (χ0v) is 10.6. The Kier molecular flexibility index (Phi) is 3.51. The normalized spacial score (nSPS) is 21.7. The van der Waals surface area contributed by atoms with E-state index in [1.165, 1.54) is 6.20 Å². The summed E-state index contributed by atoms with van der Waals surface area (Å²) in [6.45, 7) is 0.571. The predicted molar refractivity (Wildman–Crippen MR) is 68.0 cm³/mol. The summed E-state index contributed by atoms with van der Waals surface area (Å²) in [7, 11) is -2.85. The van der Waals surface area contributed by atoms with Gasteiger partial charge in [0.1, 0.15) is 5.69 Å². The second kappa shape index (κ2) is 4.93. The minimum absolute atomic E-state index is 0.125. The molecule has 1 aliphatic rings. The highest BCUT2D eigenvalue weighted by Gasteiger charge is 2.27. The lowest BCUT2D eigenvalue weighted by Gasteiger charge is -2.10. The maximum atomic E-state index is 11.3. The van der Waals surface area contributed by atoms with Crippen molar-refractivity contribution in [2.75, 3.05) is 23.4 Å². The van der Waals surface area contributed by atoms with E-state index in [0.29, 0.717) is 13.0 Å². The average molecular weight is 269 g/mol. The number of anilines is 1. The van der Waals surface area contributed by atoms with Crippen molar-refractivity contribution in [2.45, 2.75) is 6.42 Å². The summed E-state index contributed by atoms with van der Waals surface area (Å²) < 4.78 is 22.6. The summed E-state index contributed by atoms with van der Waals surface area (Å²) in [4.78, 5) is 14.8. The van der Waals surface area contributed by atoms with Gasteiger partial charge in [0.2, 0.25) is 0 Å². The molecule has 1 aromatic rings. The summed E-state index contributed by atoms with van der Waals surface area (Å²) in [6, 6.07) is 3.28. The zero-order chi connectivity index (χ0) is 13.2. The fraction of sp³-hybridized carbons (Fsp3) is 0.455. The van der Waals surface area contributed by atoms with E-state index in [9.17, 15) is 13.2 Å². The van der Waals surface area contributed by atoms with Crippen LogP contribution in [0.15, 0.2) is 18.3 Å². The molecular weight excluding hydrogens is 254 g/mol. The molecule has 0 bridgehead atoms. The van der Waals surface area contributed by atoms with Crippen molar-refractivity contribution in [3.05, 3.63) is 24.0 Å². The van der Waals surface area contributed by atoms with Crippen LogP contribution >= 0.6 is 0 Å². The van der Waals surface area contributed by atoms with Crippen LogP contribution in [0.2, 0.25) is 0 Å². The maximum Gasteiger partial charge on any atom is 0.267 e. The molecule has 2 rings (SSSR count). The van der Waals surface area contributed by atoms with Crippen LogP contribution in [0.3, 0.4) is 0 Å². The number of hydrogen-bond acceptors (Lipinski definition) is 5. The van der Waals surface area contributed by atoms with Crippen molar-refractivity contribution in [2.24, 2.45) is 11.7 Å². The highest BCUT2D eigenvalue weighted by molar-refractivity contribution is 7.91. The topological polar surface area (TPSA) is 102 Å². The number of hydrogen-bond donors (Lipinski definition) is 2. The van der Waals surface area contributed by atoms with Gasteiger partial charge < -0.3 is 11.1 Å². The third-order valence-corrected chi connectivity index (χ3v) is 4.77. The number of nitrogens with zero attached hydrogens (tertiary/aromatic N) is 1. The Labute approximate surface area is 106 Å². The summed E-state index contributed by atoms with van der Waals surface area (Å²) in [6.07, 6.45) is 2.18. The lowest BCUT2D eigenvalue weighted by molar-refractivity contribution is 0.0995. The first kappa shape index (κ1) is 12.8. The molecule has 3 N–H and O–H groups in total. The minimum atomic E-state index is -2.85. The second-order valence-electron chi connectivity index (χ2n) is 4.44. The molecular formula is C11H15N3O3S. The predicted octanol–water partition coefficient (Wildman–Crippen LogP) is 0.0271. The monoisotopic (exact) mass is 269 g/mol. The molecule has 0 aromatic carbocycles. The number of rotatable bonds is 4. The number of primary amides is 1. The molecule has 0 radical (unpaired) electrons. The molecule has 0 saturated carbocycles. The van der Waals surface area contributed by atoms with Crippen molar-refractivity contribution < 1.29 is 13.2 Å². The molecule has 2 heterocycles. The van der Waals surface area contributed by atoms with Gasteiger partial charge in [-0.3, -0.25) is 9.78 Å². The summed E-state index contributed by atoms with van der Waals surface area (Å²) in [5.41, 5.74) is 6.05. The van der Waals surface area contributed by atoms with Gasteiger partial charge in [-0.05, 0) is 24.5 Å². The Balaban J connectivity index is 1.95. The Morgan fingerprint density at radius 2 is 2.33 bits per heavy atom. The SMILES string of the molecule is NC(=O)c1cc(NCC2CCS(=O)(=O)C2)ccn1. The first-order valence-corrected chi connectivity index (χ1v) is 7.48. The van der Waals surface area contributed by atoms with Crippen LogP contribution in [0.5, 0.6) is 0 Å². The van der Waals surface area contributed by atoms with Gasteiger partial charge in [-0.15, -0.1) is 0 Å². The fourth-order valence-corrected chi connectivity index (χ4v) is 3.83. The Hall–Kier alpha value is -1.63. The molecule has 1 saturated heterocycles. The first-order chi connectivity index (χ1) is 8.46. The van der Waals surface area contributed by atoms with E-state index in [4.69, 9.17) is 5.73 Å². The third kappa shape index (κ3) is 3.19. The van der Waals surface area contributed by atoms with E-state index in [1.807, 2.05) is 0 Å². The standard InChI is InChI=1S/C11H15N3O3S/c12-11(15)10-5-9(1-3-13-10)14-6-8-2-4-18(16,17)7-8/h1,3,5,8H,2,4,6-7H2,(H2,12,15)(H,13,14). The second-order valence-corrected chi connectivity index (χ2v) is 6.67. The minimum Gasteiger partial charge on any atom is -0.385 e. The third-order valence-electron chi connectivity index (χ3n) is 2.93. The molecule has 18 heavy (non-hydrogen) atoms. The van der Waals surface area contributed by atoms with Crippen LogP contribution < -0.4 is 11.1 Å². The van der Waals surface area contributed by atoms with Crippen LogP contribution in [0.25, 0.3) is 0 Å². The van der Waals surface area contributed by atoms with Gasteiger partial charge in [0.25, 0.3) is 5.91 Å². The van der Waals surface area contributed by atoms with E-state index in [1.54, 1.807) is 12.1 Å². The van der Waals surface area contributed by atoms with Gasteiger partial charge in [-0.25, -0.2) is 8.42 Å². The van der Waals surface area contributed by atoms with Gasteiger partial charge >= 0.3 is 0 Å². The Morgan fingerprint density at radius 3 is 2.94 bits per heavy atom. The van der Waals surface area contributed by atoms with Gasteiger partial charge in [-0.1, -0.05) is 0 Å². The van der Waals surface area contributed by atoms with Crippen molar-refractivity contribution >= 4 is 21.4 Å². The number of sulfone groups is 1. The number of aromatic nitrogens is 1. The van der Waals surface area contributed by atoms with Gasteiger partial charge in [0, 0.05) is 18.4 Å². The van der Waals surface area contributed by atoms with Gasteiger partial charge in [0.05, 0.1) is 11.5 Å². The smallest absolute Gasteiger partial charge is 0.267 e.